The quantitative estimate of drug-likeness (QED) is 0.469. The number of hydrogen-bond acceptors (Lipinski definition) is 3. The second kappa shape index (κ2) is 6.89. The van der Waals surface area contributed by atoms with Crippen LogP contribution in [0.15, 0.2) is 5.16 Å². The SMILES string of the molecule is CCN(C)CC/C(C)=N\OC(C)C. The van der Waals surface area contributed by atoms with Crippen molar-refractivity contribution in [2.45, 2.75) is 40.2 Å². The smallest absolute Gasteiger partial charge is 0.122 e. The summed E-state index contributed by atoms with van der Waals surface area (Å²) >= 11 is 0. The van der Waals surface area contributed by atoms with Gasteiger partial charge in [0.05, 0.1) is 5.71 Å². The molecule has 13 heavy (non-hydrogen) atoms. The summed E-state index contributed by atoms with van der Waals surface area (Å²) in [5.41, 5.74) is 1.06. The molecular formula is C10H22N2O. The lowest BCUT2D eigenvalue weighted by Crippen LogP contribution is -2.20. The fourth-order valence-corrected chi connectivity index (χ4v) is 0.752. The van der Waals surface area contributed by atoms with Crippen LogP contribution in [0, 0.1) is 0 Å². The van der Waals surface area contributed by atoms with Crippen molar-refractivity contribution < 1.29 is 4.84 Å². The Hall–Kier alpha value is -0.570. The van der Waals surface area contributed by atoms with E-state index >= 15 is 0 Å². The van der Waals surface area contributed by atoms with Crippen molar-refractivity contribution in [3.63, 3.8) is 0 Å². The van der Waals surface area contributed by atoms with E-state index in [2.05, 4.69) is 24.0 Å². The van der Waals surface area contributed by atoms with E-state index in [1.807, 2.05) is 20.8 Å². The zero-order chi connectivity index (χ0) is 10.3. The number of hydrogen-bond donors (Lipinski definition) is 0. The second-order valence-electron chi connectivity index (χ2n) is 3.63. The van der Waals surface area contributed by atoms with Gasteiger partial charge in [0.1, 0.15) is 6.10 Å². The van der Waals surface area contributed by atoms with Gasteiger partial charge in [-0.25, -0.2) is 0 Å². The fourth-order valence-electron chi connectivity index (χ4n) is 0.752. The van der Waals surface area contributed by atoms with Crippen LogP contribution in [-0.4, -0.2) is 36.9 Å². The van der Waals surface area contributed by atoms with Crippen LogP contribution < -0.4 is 0 Å². The molecule has 0 aromatic carbocycles. The van der Waals surface area contributed by atoms with E-state index in [0.717, 1.165) is 25.2 Å². The first-order valence-corrected chi connectivity index (χ1v) is 4.94. The first-order chi connectivity index (χ1) is 6.06. The summed E-state index contributed by atoms with van der Waals surface area (Å²) in [5.74, 6) is 0. The Morgan fingerprint density at radius 1 is 1.46 bits per heavy atom. The molecule has 3 heteroatoms. The van der Waals surface area contributed by atoms with Crippen molar-refractivity contribution in [2.75, 3.05) is 20.1 Å². The molecule has 3 nitrogen and oxygen atoms in total. The molecule has 0 aliphatic carbocycles. The van der Waals surface area contributed by atoms with E-state index in [1.54, 1.807) is 0 Å². The van der Waals surface area contributed by atoms with Crippen LogP contribution in [-0.2, 0) is 4.84 Å². The van der Waals surface area contributed by atoms with Gasteiger partial charge in [-0.2, -0.15) is 0 Å². The molecule has 0 saturated heterocycles. The molecule has 0 aromatic heterocycles. The van der Waals surface area contributed by atoms with Crippen LogP contribution in [0.5, 0.6) is 0 Å². The fraction of sp³-hybridized carbons (Fsp3) is 0.900. The Labute approximate surface area is 81.7 Å². The summed E-state index contributed by atoms with van der Waals surface area (Å²) in [6.07, 6.45) is 1.16. The Balaban J connectivity index is 3.60. The molecule has 0 rings (SSSR count). The maximum atomic E-state index is 5.14. The molecule has 0 fully saturated rings. The van der Waals surface area contributed by atoms with Gasteiger partial charge in [-0.05, 0) is 34.4 Å². The topological polar surface area (TPSA) is 24.8 Å². The van der Waals surface area contributed by atoms with Crippen LogP contribution in [0.3, 0.4) is 0 Å². The largest absolute Gasteiger partial charge is 0.393 e. The van der Waals surface area contributed by atoms with Gasteiger partial charge in [0.15, 0.2) is 0 Å². The standard InChI is InChI=1S/C10H22N2O/c1-6-12(5)8-7-10(4)11-13-9(2)3/h9H,6-8H2,1-5H3/b11-10-. The third kappa shape index (κ3) is 7.78. The highest BCUT2D eigenvalue weighted by Gasteiger charge is 1.97. The minimum absolute atomic E-state index is 0.179. The zero-order valence-electron chi connectivity index (χ0n) is 9.50. The average Bonchev–Trinajstić information content (AvgIpc) is 2.10. The summed E-state index contributed by atoms with van der Waals surface area (Å²) in [6.45, 7) is 10.2. The van der Waals surface area contributed by atoms with Crippen molar-refractivity contribution >= 4 is 5.71 Å². The normalized spacial score (nSPS) is 12.7. The summed E-state index contributed by atoms with van der Waals surface area (Å²) in [6, 6.07) is 0. The van der Waals surface area contributed by atoms with Crippen LogP contribution in [0.25, 0.3) is 0 Å². The molecule has 0 bridgehead atoms. The van der Waals surface area contributed by atoms with Crippen molar-refractivity contribution in [1.29, 1.82) is 0 Å². The van der Waals surface area contributed by atoms with E-state index < -0.39 is 0 Å². The van der Waals surface area contributed by atoms with Gasteiger partial charge >= 0.3 is 0 Å². The summed E-state index contributed by atoms with van der Waals surface area (Å²) in [7, 11) is 2.11. The maximum Gasteiger partial charge on any atom is 0.122 e. The number of oxime groups is 1. The third-order valence-electron chi connectivity index (χ3n) is 1.81. The Morgan fingerprint density at radius 2 is 2.08 bits per heavy atom. The van der Waals surface area contributed by atoms with E-state index in [4.69, 9.17) is 4.84 Å². The lowest BCUT2D eigenvalue weighted by molar-refractivity contribution is 0.0851. The van der Waals surface area contributed by atoms with Gasteiger partial charge in [0, 0.05) is 13.0 Å². The van der Waals surface area contributed by atoms with Gasteiger partial charge < -0.3 is 9.74 Å². The first kappa shape index (κ1) is 12.4. The Morgan fingerprint density at radius 3 is 2.54 bits per heavy atom. The van der Waals surface area contributed by atoms with Crippen molar-refractivity contribution in [3.8, 4) is 0 Å². The molecule has 0 radical (unpaired) electrons. The molecule has 0 spiro atoms. The zero-order valence-corrected chi connectivity index (χ0v) is 9.50. The van der Waals surface area contributed by atoms with Crippen LogP contribution in [0.4, 0.5) is 0 Å². The second-order valence-corrected chi connectivity index (χ2v) is 3.63. The molecule has 0 amide bonds. The monoisotopic (exact) mass is 186 g/mol. The Bertz CT molecular complexity index is 155. The Kier molecular flexibility index (Phi) is 6.59. The molecular weight excluding hydrogens is 164 g/mol. The van der Waals surface area contributed by atoms with Crippen molar-refractivity contribution in [3.05, 3.63) is 0 Å². The average molecular weight is 186 g/mol. The molecule has 0 saturated carbocycles. The maximum absolute atomic E-state index is 5.14. The minimum atomic E-state index is 0.179. The van der Waals surface area contributed by atoms with Crippen LogP contribution >= 0.6 is 0 Å². The van der Waals surface area contributed by atoms with Gasteiger partial charge in [0.25, 0.3) is 0 Å². The summed E-state index contributed by atoms with van der Waals surface area (Å²) < 4.78 is 0. The van der Waals surface area contributed by atoms with Gasteiger partial charge in [0.2, 0.25) is 0 Å². The molecule has 0 aromatic rings. The molecule has 0 heterocycles. The van der Waals surface area contributed by atoms with Gasteiger partial charge in [-0.15, -0.1) is 0 Å². The highest BCUT2D eigenvalue weighted by Crippen LogP contribution is 1.94. The highest BCUT2D eigenvalue weighted by molar-refractivity contribution is 5.81. The van der Waals surface area contributed by atoms with Crippen LogP contribution in [0.2, 0.25) is 0 Å². The predicted octanol–water partition coefficient (Wildman–Crippen LogP) is 2.13. The molecule has 78 valence electrons. The van der Waals surface area contributed by atoms with Crippen molar-refractivity contribution in [2.24, 2.45) is 5.16 Å². The molecule has 0 N–H and O–H groups in total. The molecule has 0 aliphatic rings. The third-order valence-corrected chi connectivity index (χ3v) is 1.81. The van der Waals surface area contributed by atoms with Gasteiger partial charge in [-0.1, -0.05) is 12.1 Å². The lowest BCUT2D eigenvalue weighted by Gasteiger charge is -2.13. The first-order valence-electron chi connectivity index (χ1n) is 4.94. The van der Waals surface area contributed by atoms with E-state index in [1.165, 1.54) is 0 Å². The summed E-state index contributed by atoms with van der Waals surface area (Å²) in [4.78, 5) is 7.40. The van der Waals surface area contributed by atoms with Crippen LogP contribution in [0.1, 0.15) is 34.1 Å². The number of nitrogens with zero attached hydrogens (tertiary/aromatic N) is 2. The lowest BCUT2D eigenvalue weighted by atomic mass is 10.3. The molecule has 0 aliphatic heterocycles. The van der Waals surface area contributed by atoms with E-state index in [9.17, 15) is 0 Å². The van der Waals surface area contributed by atoms with Gasteiger partial charge in [-0.3, -0.25) is 0 Å². The summed E-state index contributed by atoms with van der Waals surface area (Å²) in [5, 5.41) is 4.02. The predicted molar refractivity (Wildman–Crippen MR) is 57.1 cm³/mol. The van der Waals surface area contributed by atoms with Crippen molar-refractivity contribution in [1.82, 2.24) is 4.90 Å². The molecule has 0 atom stereocenters. The minimum Gasteiger partial charge on any atom is -0.393 e. The van der Waals surface area contributed by atoms with E-state index in [0.29, 0.717) is 0 Å². The number of rotatable bonds is 6. The highest BCUT2D eigenvalue weighted by atomic mass is 16.6. The van der Waals surface area contributed by atoms with E-state index in [-0.39, 0.29) is 6.10 Å². The molecule has 0 unspecified atom stereocenters.